The lowest BCUT2D eigenvalue weighted by Gasteiger charge is -2.30. The number of carbonyl (C=O) groups is 1. The fourth-order valence-corrected chi connectivity index (χ4v) is 2.51. The number of rotatable bonds is 2. The highest BCUT2D eigenvalue weighted by Crippen LogP contribution is 2.18. The molecule has 0 spiro atoms. The van der Waals surface area contributed by atoms with Crippen molar-refractivity contribution in [1.29, 1.82) is 0 Å². The van der Waals surface area contributed by atoms with Crippen molar-refractivity contribution in [2.45, 2.75) is 25.8 Å². The number of hydrogen-bond acceptors (Lipinski definition) is 3. The van der Waals surface area contributed by atoms with Crippen LogP contribution in [0.2, 0.25) is 0 Å². The maximum atomic E-state index is 13.9. The molecule has 4 nitrogen and oxygen atoms in total. The molecule has 0 radical (unpaired) electrons. The number of nitrogen functional groups attached to an aromatic ring is 1. The summed E-state index contributed by atoms with van der Waals surface area (Å²) in [4.78, 5) is 14.3. The van der Waals surface area contributed by atoms with Gasteiger partial charge in [-0.15, -0.1) is 0 Å². The Hall–Kier alpha value is -1.62. The van der Waals surface area contributed by atoms with E-state index in [0.29, 0.717) is 11.3 Å². The summed E-state index contributed by atoms with van der Waals surface area (Å²) in [5, 5.41) is 2.88. The minimum absolute atomic E-state index is 0.0331. The van der Waals surface area contributed by atoms with Crippen LogP contribution in [0, 0.1) is 12.7 Å². The Bertz CT molecular complexity index is 490. The van der Waals surface area contributed by atoms with Crippen molar-refractivity contribution in [1.82, 2.24) is 10.2 Å². The van der Waals surface area contributed by atoms with Gasteiger partial charge >= 0.3 is 0 Å². The maximum Gasteiger partial charge on any atom is 0.254 e. The first-order valence-electron chi connectivity index (χ1n) is 6.52. The first-order valence-corrected chi connectivity index (χ1v) is 6.52. The number of nitrogens with one attached hydrogen (secondary N) is 1. The van der Waals surface area contributed by atoms with E-state index in [1.807, 2.05) is 7.05 Å². The lowest BCUT2D eigenvalue weighted by Crippen LogP contribution is -2.46. The monoisotopic (exact) mass is 265 g/mol. The first kappa shape index (κ1) is 13.8. The average molecular weight is 265 g/mol. The topological polar surface area (TPSA) is 58.4 Å². The smallest absolute Gasteiger partial charge is 0.254 e. The third-order valence-corrected chi connectivity index (χ3v) is 3.48. The number of halogens is 1. The summed E-state index contributed by atoms with van der Waals surface area (Å²) in [5.74, 6) is -0.871. The minimum atomic E-state index is -0.490. The molecule has 1 heterocycles. The molecular weight excluding hydrogens is 245 g/mol. The average Bonchev–Trinajstić information content (AvgIpc) is 2.33. The van der Waals surface area contributed by atoms with Crippen LogP contribution in [0.15, 0.2) is 12.1 Å². The van der Waals surface area contributed by atoms with E-state index in [1.54, 1.807) is 6.92 Å². The van der Waals surface area contributed by atoms with Gasteiger partial charge in [0.25, 0.3) is 5.91 Å². The van der Waals surface area contributed by atoms with Crippen molar-refractivity contribution < 1.29 is 9.18 Å². The summed E-state index contributed by atoms with van der Waals surface area (Å²) < 4.78 is 13.9. The number of carbonyl (C=O) groups excluding carboxylic acids is 1. The second-order valence-corrected chi connectivity index (χ2v) is 5.27. The van der Waals surface area contributed by atoms with Crippen molar-refractivity contribution in [3.05, 3.63) is 29.1 Å². The Morgan fingerprint density at radius 2 is 2.26 bits per heavy atom. The second kappa shape index (κ2) is 5.57. The maximum absolute atomic E-state index is 13.9. The zero-order chi connectivity index (χ0) is 14.0. The summed E-state index contributed by atoms with van der Waals surface area (Å²) >= 11 is 0. The summed E-state index contributed by atoms with van der Waals surface area (Å²) in [6, 6.07) is 3.00. The molecule has 1 amide bonds. The van der Waals surface area contributed by atoms with Crippen molar-refractivity contribution >= 4 is 11.6 Å². The Labute approximate surface area is 112 Å². The molecule has 3 N–H and O–H groups in total. The molecule has 1 aliphatic rings. The highest BCUT2D eigenvalue weighted by Gasteiger charge is 2.21. The number of benzene rings is 1. The second-order valence-electron chi connectivity index (χ2n) is 5.27. The Kier molecular flexibility index (Phi) is 4.04. The minimum Gasteiger partial charge on any atom is -0.399 e. The van der Waals surface area contributed by atoms with Gasteiger partial charge in [-0.05, 0) is 51.1 Å². The van der Waals surface area contributed by atoms with Gasteiger partial charge in [0.2, 0.25) is 0 Å². The molecule has 5 heteroatoms. The summed E-state index contributed by atoms with van der Waals surface area (Å²) in [5.41, 5.74) is 6.50. The third kappa shape index (κ3) is 3.23. The van der Waals surface area contributed by atoms with Gasteiger partial charge in [-0.2, -0.15) is 0 Å². The fourth-order valence-electron chi connectivity index (χ4n) is 2.51. The normalized spacial score (nSPS) is 20.3. The highest BCUT2D eigenvalue weighted by atomic mass is 19.1. The number of likely N-dealkylation sites (N-methyl/N-ethyl adjacent to an activating group) is 1. The number of hydrogen-bond donors (Lipinski definition) is 2. The Balaban J connectivity index is 2.11. The Morgan fingerprint density at radius 1 is 1.53 bits per heavy atom. The number of anilines is 1. The zero-order valence-corrected chi connectivity index (χ0v) is 11.4. The Morgan fingerprint density at radius 3 is 2.95 bits per heavy atom. The molecule has 2 rings (SSSR count). The van der Waals surface area contributed by atoms with Crippen LogP contribution >= 0.6 is 0 Å². The van der Waals surface area contributed by atoms with E-state index in [2.05, 4.69) is 10.2 Å². The van der Waals surface area contributed by atoms with E-state index in [4.69, 9.17) is 5.73 Å². The largest absolute Gasteiger partial charge is 0.399 e. The van der Waals surface area contributed by atoms with E-state index in [9.17, 15) is 9.18 Å². The van der Waals surface area contributed by atoms with E-state index < -0.39 is 5.82 Å². The fraction of sp³-hybridized carbons (Fsp3) is 0.500. The SMILES string of the molecule is Cc1cc(N)cc(C(=O)NC2CCCN(C)C2)c1F. The third-order valence-electron chi connectivity index (χ3n) is 3.48. The van der Waals surface area contributed by atoms with Crippen LogP contribution in [0.4, 0.5) is 10.1 Å². The molecule has 19 heavy (non-hydrogen) atoms. The molecule has 0 bridgehead atoms. The standard InChI is InChI=1S/C14H20FN3O/c1-9-6-10(16)7-12(13(9)15)14(19)17-11-4-3-5-18(2)8-11/h6-7,11H,3-5,8,16H2,1-2H3,(H,17,19). The molecule has 0 saturated carbocycles. The van der Waals surface area contributed by atoms with Gasteiger partial charge in [0.15, 0.2) is 0 Å². The van der Waals surface area contributed by atoms with Crippen LogP contribution in [0.25, 0.3) is 0 Å². The van der Waals surface area contributed by atoms with Gasteiger partial charge < -0.3 is 16.0 Å². The lowest BCUT2D eigenvalue weighted by atomic mass is 10.0. The predicted octanol–water partition coefficient (Wildman–Crippen LogP) is 1.54. The molecule has 1 unspecified atom stereocenters. The van der Waals surface area contributed by atoms with Gasteiger partial charge in [0, 0.05) is 18.3 Å². The van der Waals surface area contributed by atoms with E-state index in [-0.39, 0.29) is 17.5 Å². The number of nitrogens with zero attached hydrogens (tertiary/aromatic N) is 1. The van der Waals surface area contributed by atoms with Gasteiger partial charge in [-0.1, -0.05) is 0 Å². The quantitative estimate of drug-likeness (QED) is 0.797. The molecule has 0 aliphatic carbocycles. The lowest BCUT2D eigenvalue weighted by molar-refractivity contribution is 0.0908. The first-order chi connectivity index (χ1) is 8.97. The van der Waals surface area contributed by atoms with Crippen LogP contribution in [0.1, 0.15) is 28.8 Å². The number of likely N-dealkylation sites (tertiary alicyclic amines) is 1. The van der Waals surface area contributed by atoms with Crippen molar-refractivity contribution in [2.24, 2.45) is 0 Å². The molecule has 1 fully saturated rings. The van der Waals surface area contributed by atoms with Gasteiger partial charge in [0.05, 0.1) is 5.56 Å². The van der Waals surface area contributed by atoms with Gasteiger partial charge in [0.1, 0.15) is 5.82 Å². The molecule has 1 aliphatic heterocycles. The van der Waals surface area contributed by atoms with E-state index in [0.717, 1.165) is 25.9 Å². The predicted molar refractivity (Wildman–Crippen MR) is 73.5 cm³/mol. The van der Waals surface area contributed by atoms with Crippen LogP contribution in [-0.4, -0.2) is 37.0 Å². The van der Waals surface area contributed by atoms with Crippen molar-refractivity contribution in [3.63, 3.8) is 0 Å². The zero-order valence-electron chi connectivity index (χ0n) is 11.4. The molecule has 0 aromatic heterocycles. The van der Waals surface area contributed by atoms with E-state index >= 15 is 0 Å². The number of nitrogens with two attached hydrogens (primary N) is 1. The van der Waals surface area contributed by atoms with E-state index in [1.165, 1.54) is 12.1 Å². The molecule has 1 aromatic carbocycles. The summed E-state index contributed by atoms with van der Waals surface area (Å²) in [6.45, 7) is 3.45. The van der Waals surface area contributed by atoms with Crippen LogP contribution in [-0.2, 0) is 0 Å². The molecule has 104 valence electrons. The highest BCUT2D eigenvalue weighted by molar-refractivity contribution is 5.95. The van der Waals surface area contributed by atoms with Crippen molar-refractivity contribution in [3.8, 4) is 0 Å². The van der Waals surface area contributed by atoms with Crippen LogP contribution < -0.4 is 11.1 Å². The molecular formula is C14H20FN3O. The van der Waals surface area contributed by atoms with Crippen LogP contribution in [0.3, 0.4) is 0 Å². The number of aryl methyl sites for hydroxylation is 1. The van der Waals surface area contributed by atoms with Crippen molar-refractivity contribution in [2.75, 3.05) is 25.9 Å². The van der Waals surface area contributed by atoms with Gasteiger partial charge in [-0.3, -0.25) is 4.79 Å². The molecule has 1 saturated heterocycles. The summed E-state index contributed by atoms with van der Waals surface area (Å²) in [6.07, 6.45) is 1.97. The molecule has 1 aromatic rings. The van der Waals surface area contributed by atoms with Crippen LogP contribution in [0.5, 0.6) is 0 Å². The summed E-state index contributed by atoms with van der Waals surface area (Å²) in [7, 11) is 2.02. The molecule has 1 atom stereocenters. The van der Waals surface area contributed by atoms with Gasteiger partial charge in [-0.25, -0.2) is 4.39 Å². The number of piperidine rings is 1. The number of amides is 1.